The number of nitrogens with zero attached hydrogens (tertiary/aromatic N) is 1. The van der Waals surface area contributed by atoms with Gasteiger partial charge in [0, 0.05) is 25.3 Å². The highest BCUT2D eigenvalue weighted by molar-refractivity contribution is 5.76. The first kappa shape index (κ1) is 8.87. The number of nitrogens with one attached hydrogen (secondary N) is 1. The topological polar surface area (TPSA) is 58.4 Å². The molecule has 1 heterocycles. The highest BCUT2D eigenvalue weighted by Gasteiger charge is 2.18. The van der Waals surface area contributed by atoms with E-state index in [4.69, 9.17) is 5.73 Å². The highest BCUT2D eigenvalue weighted by Crippen LogP contribution is 2.09. The van der Waals surface area contributed by atoms with Crippen LogP contribution in [0.1, 0.15) is 5.56 Å². The molecule has 4 heteroatoms. The molecular weight excluding hydrogens is 178 g/mol. The van der Waals surface area contributed by atoms with Gasteiger partial charge in [-0.25, -0.2) is 4.79 Å². The second-order valence-corrected chi connectivity index (χ2v) is 3.40. The van der Waals surface area contributed by atoms with Crippen molar-refractivity contribution in [3.05, 3.63) is 29.8 Å². The first-order valence-electron chi connectivity index (χ1n) is 4.63. The van der Waals surface area contributed by atoms with Gasteiger partial charge in [0.1, 0.15) is 0 Å². The molecule has 14 heavy (non-hydrogen) atoms. The van der Waals surface area contributed by atoms with Crippen molar-refractivity contribution in [2.24, 2.45) is 0 Å². The lowest BCUT2D eigenvalue weighted by Crippen LogP contribution is -2.27. The van der Waals surface area contributed by atoms with Gasteiger partial charge in [-0.1, -0.05) is 12.1 Å². The Morgan fingerprint density at radius 3 is 2.64 bits per heavy atom. The smallest absolute Gasteiger partial charge is 0.317 e. The van der Waals surface area contributed by atoms with Crippen LogP contribution in [0.15, 0.2) is 24.3 Å². The number of nitrogens with two attached hydrogens (primary N) is 1. The first-order valence-corrected chi connectivity index (χ1v) is 4.63. The number of hydrogen-bond donors (Lipinski definition) is 2. The molecule has 1 aliphatic heterocycles. The van der Waals surface area contributed by atoms with Crippen molar-refractivity contribution < 1.29 is 4.79 Å². The Labute approximate surface area is 82.7 Å². The van der Waals surface area contributed by atoms with Gasteiger partial charge < -0.3 is 16.0 Å². The average molecular weight is 191 g/mol. The molecule has 0 radical (unpaired) electrons. The number of carbonyl (C=O) groups is 1. The molecule has 3 N–H and O–H groups in total. The molecule has 1 aromatic carbocycles. The summed E-state index contributed by atoms with van der Waals surface area (Å²) in [5.74, 6) is 0. The van der Waals surface area contributed by atoms with Gasteiger partial charge in [-0.05, 0) is 17.7 Å². The quantitative estimate of drug-likeness (QED) is 0.679. The molecule has 0 aliphatic carbocycles. The Kier molecular flexibility index (Phi) is 2.26. The molecule has 0 unspecified atom stereocenters. The second kappa shape index (κ2) is 3.57. The molecule has 0 spiro atoms. The number of anilines is 1. The molecule has 2 rings (SSSR count). The molecule has 74 valence electrons. The Morgan fingerprint density at radius 1 is 1.36 bits per heavy atom. The van der Waals surface area contributed by atoms with Gasteiger partial charge in [-0.3, -0.25) is 0 Å². The van der Waals surface area contributed by atoms with Crippen LogP contribution in [0, 0.1) is 0 Å². The molecule has 1 fully saturated rings. The van der Waals surface area contributed by atoms with Gasteiger partial charge in [0.25, 0.3) is 0 Å². The third-order valence-corrected chi connectivity index (χ3v) is 2.30. The van der Waals surface area contributed by atoms with Gasteiger partial charge in [0.15, 0.2) is 0 Å². The number of hydrogen-bond acceptors (Lipinski definition) is 2. The zero-order chi connectivity index (χ0) is 9.97. The van der Waals surface area contributed by atoms with Crippen LogP contribution in [0.5, 0.6) is 0 Å². The third kappa shape index (κ3) is 1.79. The van der Waals surface area contributed by atoms with E-state index in [0.717, 1.165) is 24.3 Å². The second-order valence-electron chi connectivity index (χ2n) is 3.40. The Hall–Kier alpha value is -1.71. The number of benzene rings is 1. The third-order valence-electron chi connectivity index (χ3n) is 2.30. The van der Waals surface area contributed by atoms with E-state index in [0.29, 0.717) is 6.54 Å². The average Bonchev–Trinajstić information content (AvgIpc) is 2.56. The summed E-state index contributed by atoms with van der Waals surface area (Å²) in [5.41, 5.74) is 7.43. The summed E-state index contributed by atoms with van der Waals surface area (Å²) in [7, 11) is 0. The maximum Gasteiger partial charge on any atom is 0.317 e. The predicted molar refractivity (Wildman–Crippen MR) is 54.7 cm³/mol. The normalized spacial score (nSPS) is 15.7. The number of urea groups is 1. The van der Waals surface area contributed by atoms with Gasteiger partial charge in [0.2, 0.25) is 0 Å². The van der Waals surface area contributed by atoms with Crippen molar-refractivity contribution in [2.75, 3.05) is 18.8 Å². The lowest BCUT2D eigenvalue weighted by atomic mass is 10.2. The number of amides is 2. The summed E-state index contributed by atoms with van der Waals surface area (Å²) in [6.07, 6.45) is 0. The largest absolute Gasteiger partial charge is 0.399 e. The fourth-order valence-electron chi connectivity index (χ4n) is 1.51. The van der Waals surface area contributed by atoms with E-state index in [1.54, 1.807) is 4.90 Å². The fourth-order valence-corrected chi connectivity index (χ4v) is 1.51. The molecule has 4 nitrogen and oxygen atoms in total. The van der Waals surface area contributed by atoms with Crippen LogP contribution >= 0.6 is 0 Å². The van der Waals surface area contributed by atoms with Gasteiger partial charge in [0.05, 0.1) is 0 Å². The molecule has 2 amide bonds. The van der Waals surface area contributed by atoms with E-state index < -0.39 is 0 Å². The molecular formula is C10H13N3O. The predicted octanol–water partition coefficient (Wildman–Crippen LogP) is 0.794. The standard InChI is InChI=1S/C10H13N3O/c11-9-3-1-8(2-4-9)7-13-6-5-12-10(13)14/h1-4H,5-7,11H2,(H,12,14). The van der Waals surface area contributed by atoms with Crippen LogP contribution in [0.4, 0.5) is 10.5 Å². The molecule has 1 aliphatic rings. The zero-order valence-electron chi connectivity index (χ0n) is 7.86. The van der Waals surface area contributed by atoms with Crippen LogP contribution in [0.3, 0.4) is 0 Å². The monoisotopic (exact) mass is 191 g/mol. The van der Waals surface area contributed by atoms with Crippen molar-refractivity contribution in [3.8, 4) is 0 Å². The van der Waals surface area contributed by atoms with Crippen LogP contribution in [-0.2, 0) is 6.54 Å². The van der Waals surface area contributed by atoms with E-state index in [1.165, 1.54) is 0 Å². The molecule has 1 saturated heterocycles. The molecule has 0 aromatic heterocycles. The summed E-state index contributed by atoms with van der Waals surface area (Å²) in [4.78, 5) is 13.0. The van der Waals surface area contributed by atoms with Crippen LogP contribution < -0.4 is 11.1 Å². The maximum absolute atomic E-state index is 11.2. The number of carbonyl (C=O) groups excluding carboxylic acids is 1. The summed E-state index contributed by atoms with van der Waals surface area (Å²) in [6.45, 7) is 2.18. The lowest BCUT2D eigenvalue weighted by molar-refractivity contribution is 0.215. The van der Waals surface area contributed by atoms with Crippen LogP contribution in [0.25, 0.3) is 0 Å². The zero-order valence-corrected chi connectivity index (χ0v) is 7.86. The van der Waals surface area contributed by atoms with E-state index in [1.807, 2.05) is 24.3 Å². The summed E-state index contributed by atoms with van der Waals surface area (Å²) in [5, 5.41) is 2.76. The van der Waals surface area contributed by atoms with Crippen molar-refractivity contribution in [2.45, 2.75) is 6.54 Å². The van der Waals surface area contributed by atoms with Crippen molar-refractivity contribution in [1.29, 1.82) is 0 Å². The molecule has 0 saturated carbocycles. The molecule has 0 atom stereocenters. The Balaban J connectivity index is 2.03. The van der Waals surface area contributed by atoms with E-state index >= 15 is 0 Å². The Morgan fingerprint density at radius 2 is 2.07 bits per heavy atom. The summed E-state index contributed by atoms with van der Waals surface area (Å²) in [6, 6.07) is 7.61. The summed E-state index contributed by atoms with van der Waals surface area (Å²) < 4.78 is 0. The number of rotatable bonds is 2. The van der Waals surface area contributed by atoms with Crippen LogP contribution in [-0.4, -0.2) is 24.0 Å². The highest BCUT2D eigenvalue weighted by atomic mass is 16.2. The maximum atomic E-state index is 11.2. The first-order chi connectivity index (χ1) is 6.75. The summed E-state index contributed by atoms with van der Waals surface area (Å²) >= 11 is 0. The number of nitrogen functional groups attached to an aromatic ring is 1. The molecule has 0 bridgehead atoms. The minimum absolute atomic E-state index is 0.0156. The fraction of sp³-hybridized carbons (Fsp3) is 0.300. The molecule has 1 aromatic rings. The van der Waals surface area contributed by atoms with Gasteiger partial charge in [-0.2, -0.15) is 0 Å². The van der Waals surface area contributed by atoms with Crippen molar-refractivity contribution in [1.82, 2.24) is 10.2 Å². The van der Waals surface area contributed by atoms with Crippen molar-refractivity contribution in [3.63, 3.8) is 0 Å². The lowest BCUT2D eigenvalue weighted by Gasteiger charge is -2.13. The Bertz CT molecular complexity index is 334. The van der Waals surface area contributed by atoms with E-state index in [-0.39, 0.29) is 6.03 Å². The minimum Gasteiger partial charge on any atom is -0.399 e. The SMILES string of the molecule is Nc1ccc(CN2CCNC2=O)cc1. The van der Waals surface area contributed by atoms with E-state index in [2.05, 4.69) is 5.32 Å². The minimum atomic E-state index is 0.0156. The van der Waals surface area contributed by atoms with Gasteiger partial charge >= 0.3 is 6.03 Å². The van der Waals surface area contributed by atoms with Crippen molar-refractivity contribution >= 4 is 11.7 Å². The van der Waals surface area contributed by atoms with Crippen LogP contribution in [0.2, 0.25) is 0 Å². The van der Waals surface area contributed by atoms with E-state index in [9.17, 15) is 4.79 Å². The van der Waals surface area contributed by atoms with Gasteiger partial charge in [-0.15, -0.1) is 0 Å².